The summed E-state index contributed by atoms with van der Waals surface area (Å²) in [6.07, 6.45) is 2.90. The third-order valence-corrected chi connectivity index (χ3v) is 7.79. The molecule has 0 saturated carbocycles. The molecule has 3 aromatic rings. The molecule has 0 bridgehead atoms. The number of nitrogens with zero attached hydrogens (tertiary/aromatic N) is 2. The van der Waals surface area contributed by atoms with Crippen LogP contribution >= 0.6 is 0 Å². The van der Waals surface area contributed by atoms with E-state index in [1.54, 1.807) is 24.4 Å². The zero-order chi connectivity index (χ0) is 22.2. The van der Waals surface area contributed by atoms with E-state index in [1.165, 1.54) is 4.31 Å². The Hall–Kier alpha value is -2.77. The maximum atomic E-state index is 13.4. The van der Waals surface area contributed by atoms with E-state index in [4.69, 9.17) is 0 Å². The average molecular weight is 438 g/mol. The molecule has 0 radical (unpaired) electrons. The topological polar surface area (TPSA) is 79.4 Å². The van der Waals surface area contributed by atoms with Crippen molar-refractivity contribution in [1.29, 1.82) is 0 Å². The lowest BCUT2D eigenvalue weighted by atomic mass is 9.98. The van der Waals surface area contributed by atoms with Crippen LogP contribution in [0.25, 0.3) is 10.9 Å². The van der Waals surface area contributed by atoms with Crippen molar-refractivity contribution in [3.63, 3.8) is 0 Å². The third kappa shape index (κ3) is 4.20. The van der Waals surface area contributed by atoms with Gasteiger partial charge < -0.3 is 5.32 Å². The van der Waals surface area contributed by atoms with Crippen LogP contribution in [0.15, 0.2) is 53.6 Å². The van der Waals surface area contributed by atoms with Crippen LogP contribution in [0.2, 0.25) is 0 Å². The number of benzene rings is 2. The predicted molar refractivity (Wildman–Crippen MR) is 123 cm³/mol. The second-order valence-electron chi connectivity index (χ2n) is 8.30. The number of rotatable bonds is 4. The van der Waals surface area contributed by atoms with Crippen molar-refractivity contribution in [2.45, 2.75) is 38.5 Å². The molecule has 1 saturated heterocycles. The molecule has 2 heterocycles. The van der Waals surface area contributed by atoms with E-state index in [-0.39, 0.29) is 17.3 Å². The Morgan fingerprint density at radius 1 is 1.10 bits per heavy atom. The second kappa shape index (κ2) is 8.40. The van der Waals surface area contributed by atoms with Gasteiger partial charge in [-0.3, -0.25) is 9.78 Å². The monoisotopic (exact) mass is 437 g/mol. The fraction of sp³-hybridized carbons (Fsp3) is 0.333. The molecule has 31 heavy (non-hydrogen) atoms. The van der Waals surface area contributed by atoms with E-state index in [0.717, 1.165) is 27.8 Å². The third-order valence-electron chi connectivity index (χ3n) is 5.89. The lowest BCUT2D eigenvalue weighted by Crippen LogP contribution is -2.43. The normalized spacial score (nSPS) is 17.6. The van der Waals surface area contributed by atoms with Crippen molar-refractivity contribution >= 4 is 32.5 Å². The summed E-state index contributed by atoms with van der Waals surface area (Å²) >= 11 is 0. The highest BCUT2D eigenvalue weighted by Gasteiger charge is 2.34. The van der Waals surface area contributed by atoms with E-state index >= 15 is 0 Å². The van der Waals surface area contributed by atoms with Gasteiger partial charge in [-0.05, 0) is 56.9 Å². The van der Waals surface area contributed by atoms with E-state index in [2.05, 4.69) is 10.3 Å². The van der Waals surface area contributed by atoms with Gasteiger partial charge in [0, 0.05) is 30.4 Å². The molecule has 1 aliphatic heterocycles. The molecule has 0 unspecified atom stereocenters. The van der Waals surface area contributed by atoms with E-state index < -0.39 is 15.9 Å². The Kier molecular flexibility index (Phi) is 5.81. The number of fused-ring (bicyclic) bond motifs is 1. The summed E-state index contributed by atoms with van der Waals surface area (Å²) in [6.45, 7) is 6.54. The molecule has 4 rings (SSSR count). The van der Waals surface area contributed by atoms with E-state index in [0.29, 0.717) is 24.9 Å². The minimum Gasteiger partial charge on any atom is -0.325 e. The lowest BCUT2D eigenvalue weighted by molar-refractivity contribution is -0.120. The fourth-order valence-electron chi connectivity index (χ4n) is 4.40. The number of aromatic nitrogens is 1. The number of aryl methyl sites for hydroxylation is 3. The number of nitrogens with one attached hydrogen (secondary N) is 1. The number of piperidine rings is 1. The molecule has 6 nitrogen and oxygen atoms in total. The van der Waals surface area contributed by atoms with Crippen molar-refractivity contribution in [1.82, 2.24) is 9.29 Å². The molecule has 2 aromatic carbocycles. The Morgan fingerprint density at radius 2 is 1.81 bits per heavy atom. The quantitative estimate of drug-likeness (QED) is 0.663. The zero-order valence-corrected chi connectivity index (χ0v) is 18.9. The summed E-state index contributed by atoms with van der Waals surface area (Å²) in [6, 6.07) is 12.9. The first-order valence-electron chi connectivity index (χ1n) is 10.5. The van der Waals surface area contributed by atoms with Crippen LogP contribution in [-0.2, 0) is 14.8 Å². The van der Waals surface area contributed by atoms with Crippen molar-refractivity contribution in [3.05, 3.63) is 65.4 Å². The van der Waals surface area contributed by atoms with Crippen molar-refractivity contribution in [2.75, 3.05) is 18.4 Å². The Balaban J connectivity index is 1.57. The number of hydrogen-bond acceptors (Lipinski definition) is 4. The van der Waals surface area contributed by atoms with Gasteiger partial charge in [0.25, 0.3) is 0 Å². The standard InChI is InChI=1S/C24H27N3O3S/c1-16-13-17(2)22(18(3)14-16)26-24(28)20-9-6-12-27(15-20)31(29,30)21-10-4-7-19-8-5-11-25-23(19)21/h4-5,7-8,10-11,13-14,20H,6,9,12,15H2,1-3H3,(H,26,28)/t20-/m1/s1. The number of pyridine rings is 1. The molecule has 162 valence electrons. The summed E-state index contributed by atoms with van der Waals surface area (Å²) < 4.78 is 28.3. The molecule has 1 N–H and O–H groups in total. The zero-order valence-electron chi connectivity index (χ0n) is 18.1. The maximum Gasteiger partial charge on any atom is 0.245 e. The number of para-hydroxylation sites is 1. The van der Waals surface area contributed by atoms with Gasteiger partial charge in [0.2, 0.25) is 15.9 Å². The smallest absolute Gasteiger partial charge is 0.245 e. The summed E-state index contributed by atoms with van der Waals surface area (Å²) in [5.74, 6) is -0.530. The average Bonchev–Trinajstić information content (AvgIpc) is 2.75. The van der Waals surface area contributed by atoms with Crippen LogP contribution < -0.4 is 5.32 Å². The van der Waals surface area contributed by atoms with Gasteiger partial charge in [-0.2, -0.15) is 4.31 Å². The highest BCUT2D eigenvalue weighted by Crippen LogP contribution is 2.29. The number of amides is 1. The van der Waals surface area contributed by atoms with Crippen LogP contribution in [0.1, 0.15) is 29.5 Å². The Morgan fingerprint density at radius 3 is 2.55 bits per heavy atom. The number of carbonyl (C=O) groups excluding carboxylic acids is 1. The van der Waals surface area contributed by atoms with Gasteiger partial charge in [-0.15, -0.1) is 0 Å². The molecular formula is C24H27N3O3S. The molecular weight excluding hydrogens is 410 g/mol. The lowest BCUT2D eigenvalue weighted by Gasteiger charge is -2.31. The highest BCUT2D eigenvalue weighted by atomic mass is 32.2. The van der Waals surface area contributed by atoms with Crippen LogP contribution in [0, 0.1) is 26.7 Å². The molecule has 0 aliphatic carbocycles. The van der Waals surface area contributed by atoms with Crippen LogP contribution in [0.5, 0.6) is 0 Å². The SMILES string of the molecule is Cc1cc(C)c(NC(=O)[C@@H]2CCCN(S(=O)(=O)c3cccc4cccnc34)C2)c(C)c1. The summed E-state index contributed by atoms with van der Waals surface area (Å²) in [5.41, 5.74) is 4.43. The minimum absolute atomic E-state index is 0.133. The maximum absolute atomic E-state index is 13.4. The molecule has 1 fully saturated rings. The fourth-order valence-corrected chi connectivity index (χ4v) is 6.09. The first-order chi connectivity index (χ1) is 14.8. The number of sulfonamides is 1. The summed E-state index contributed by atoms with van der Waals surface area (Å²) in [4.78, 5) is 17.5. The van der Waals surface area contributed by atoms with Gasteiger partial charge >= 0.3 is 0 Å². The molecule has 1 aliphatic rings. The highest BCUT2D eigenvalue weighted by molar-refractivity contribution is 7.89. The Bertz CT molecular complexity index is 1230. The summed E-state index contributed by atoms with van der Waals surface area (Å²) in [5, 5.41) is 3.82. The van der Waals surface area contributed by atoms with Crippen LogP contribution in [-0.4, -0.2) is 36.7 Å². The van der Waals surface area contributed by atoms with Crippen molar-refractivity contribution in [3.8, 4) is 0 Å². The Labute approximate surface area is 183 Å². The molecule has 1 amide bonds. The molecule has 0 spiro atoms. The first kappa shape index (κ1) is 21.5. The predicted octanol–water partition coefficient (Wildman–Crippen LogP) is 4.20. The molecule has 1 atom stereocenters. The van der Waals surface area contributed by atoms with Gasteiger partial charge in [-0.1, -0.05) is 35.9 Å². The van der Waals surface area contributed by atoms with Crippen LogP contribution in [0.3, 0.4) is 0 Å². The second-order valence-corrected chi connectivity index (χ2v) is 10.2. The number of hydrogen-bond donors (Lipinski definition) is 1. The number of anilines is 1. The summed E-state index contributed by atoms with van der Waals surface area (Å²) in [7, 11) is -3.76. The molecule has 7 heteroatoms. The minimum atomic E-state index is -3.76. The van der Waals surface area contributed by atoms with E-state index in [9.17, 15) is 13.2 Å². The van der Waals surface area contributed by atoms with E-state index in [1.807, 2.05) is 45.0 Å². The van der Waals surface area contributed by atoms with Crippen molar-refractivity contribution < 1.29 is 13.2 Å². The van der Waals surface area contributed by atoms with Crippen molar-refractivity contribution in [2.24, 2.45) is 5.92 Å². The largest absolute Gasteiger partial charge is 0.325 e. The number of carbonyl (C=O) groups is 1. The van der Waals surface area contributed by atoms with Gasteiger partial charge in [0.15, 0.2) is 0 Å². The van der Waals surface area contributed by atoms with Gasteiger partial charge in [-0.25, -0.2) is 8.42 Å². The van der Waals surface area contributed by atoms with Gasteiger partial charge in [0.1, 0.15) is 4.90 Å². The van der Waals surface area contributed by atoms with Crippen LogP contribution in [0.4, 0.5) is 5.69 Å². The van der Waals surface area contributed by atoms with Gasteiger partial charge in [0.05, 0.1) is 11.4 Å². The first-order valence-corrected chi connectivity index (χ1v) is 11.9. The molecule has 1 aromatic heterocycles.